The first-order valence-corrected chi connectivity index (χ1v) is 6.65. The highest BCUT2D eigenvalue weighted by Crippen LogP contribution is 2.29. The molecule has 2 heteroatoms. The highest BCUT2D eigenvalue weighted by atomic mass is 16.5. The average molecular weight is 255 g/mol. The maximum atomic E-state index is 6.07. The van der Waals surface area contributed by atoms with E-state index in [1.807, 2.05) is 31.2 Å². The van der Waals surface area contributed by atoms with Crippen LogP contribution in [0, 0.1) is 6.92 Å². The highest BCUT2D eigenvalue weighted by Gasteiger charge is 2.12. The van der Waals surface area contributed by atoms with E-state index in [2.05, 4.69) is 38.1 Å². The average Bonchev–Trinajstić information content (AvgIpc) is 2.41. The van der Waals surface area contributed by atoms with Gasteiger partial charge in [-0.2, -0.15) is 0 Å². The van der Waals surface area contributed by atoms with E-state index in [0.717, 1.165) is 11.3 Å². The summed E-state index contributed by atoms with van der Waals surface area (Å²) in [5.74, 6) is 0.872. The first-order chi connectivity index (χ1) is 9.08. The Labute approximate surface area is 115 Å². The van der Waals surface area contributed by atoms with Gasteiger partial charge in [-0.1, -0.05) is 48.0 Å². The molecule has 0 radical (unpaired) electrons. The molecule has 0 saturated carbocycles. The molecule has 0 bridgehead atoms. The molecule has 0 aliphatic rings. The molecule has 2 nitrogen and oxygen atoms in total. The highest BCUT2D eigenvalue weighted by molar-refractivity contribution is 5.39. The summed E-state index contributed by atoms with van der Waals surface area (Å²) in [6, 6.07) is 16.3. The van der Waals surface area contributed by atoms with E-state index in [1.54, 1.807) is 0 Å². The van der Waals surface area contributed by atoms with E-state index in [9.17, 15) is 0 Å². The standard InChI is InChI=1S/C17H21NO/c1-12-9-10-17(16(11-12)13(2)18)19-14(3)15-7-5-4-6-8-15/h4-11,13-14H,18H2,1-3H3/t13-,14?/m0/s1. The van der Waals surface area contributed by atoms with Crippen molar-refractivity contribution >= 4 is 0 Å². The van der Waals surface area contributed by atoms with Crippen molar-refractivity contribution < 1.29 is 4.74 Å². The van der Waals surface area contributed by atoms with Crippen LogP contribution in [0.25, 0.3) is 0 Å². The summed E-state index contributed by atoms with van der Waals surface area (Å²) in [6.45, 7) is 6.10. The first-order valence-electron chi connectivity index (χ1n) is 6.65. The van der Waals surface area contributed by atoms with E-state index in [-0.39, 0.29) is 12.1 Å². The molecule has 0 aromatic heterocycles. The third kappa shape index (κ3) is 3.36. The minimum Gasteiger partial charge on any atom is -0.486 e. The van der Waals surface area contributed by atoms with E-state index in [1.165, 1.54) is 11.1 Å². The largest absolute Gasteiger partial charge is 0.486 e. The minimum absolute atomic E-state index is 0.0152. The van der Waals surface area contributed by atoms with E-state index >= 15 is 0 Å². The number of aryl methyl sites for hydroxylation is 1. The van der Waals surface area contributed by atoms with E-state index in [0.29, 0.717) is 0 Å². The number of nitrogens with two attached hydrogens (primary N) is 1. The first kappa shape index (κ1) is 13.6. The van der Waals surface area contributed by atoms with Gasteiger partial charge in [0, 0.05) is 11.6 Å². The lowest BCUT2D eigenvalue weighted by Gasteiger charge is -2.19. The maximum absolute atomic E-state index is 6.07. The topological polar surface area (TPSA) is 35.2 Å². The normalized spacial score (nSPS) is 13.9. The second kappa shape index (κ2) is 5.89. The number of hydrogen-bond donors (Lipinski definition) is 1. The Hall–Kier alpha value is -1.80. The Morgan fingerprint density at radius 3 is 2.32 bits per heavy atom. The summed E-state index contributed by atoms with van der Waals surface area (Å²) in [6.07, 6.45) is 0.0152. The van der Waals surface area contributed by atoms with Crippen molar-refractivity contribution in [3.8, 4) is 5.75 Å². The van der Waals surface area contributed by atoms with Gasteiger partial charge in [-0.15, -0.1) is 0 Å². The van der Waals surface area contributed by atoms with Crippen LogP contribution in [0.5, 0.6) is 5.75 Å². The van der Waals surface area contributed by atoms with Crippen LogP contribution in [0.15, 0.2) is 48.5 Å². The van der Waals surface area contributed by atoms with Gasteiger partial charge in [0.25, 0.3) is 0 Å². The molecule has 2 atom stereocenters. The predicted octanol–water partition coefficient (Wildman–Crippen LogP) is 4.15. The molecule has 0 aliphatic heterocycles. The van der Waals surface area contributed by atoms with Gasteiger partial charge < -0.3 is 10.5 Å². The van der Waals surface area contributed by atoms with Crippen molar-refractivity contribution in [2.45, 2.75) is 32.9 Å². The minimum atomic E-state index is -0.0297. The van der Waals surface area contributed by atoms with Crippen LogP contribution in [0.3, 0.4) is 0 Å². The predicted molar refractivity (Wildman–Crippen MR) is 79.3 cm³/mol. The van der Waals surface area contributed by atoms with Crippen LogP contribution in [0.2, 0.25) is 0 Å². The van der Waals surface area contributed by atoms with Crippen molar-refractivity contribution in [1.29, 1.82) is 0 Å². The van der Waals surface area contributed by atoms with E-state index in [4.69, 9.17) is 10.5 Å². The monoisotopic (exact) mass is 255 g/mol. The third-order valence-electron chi connectivity index (χ3n) is 3.23. The second-order valence-electron chi connectivity index (χ2n) is 5.00. The van der Waals surface area contributed by atoms with Crippen molar-refractivity contribution in [2.75, 3.05) is 0 Å². The van der Waals surface area contributed by atoms with Gasteiger partial charge in [0.15, 0.2) is 0 Å². The Balaban J connectivity index is 2.24. The van der Waals surface area contributed by atoms with Gasteiger partial charge >= 0.3 is 0 Å². The molecule has 19 heavy (non-hydrogen) atoms. The Morgan fingerprint density at radius 1 is 1.00 bits per heavy atom. The summed E-state index contributed by atoms with van der Waals surface area (Å²) in [4.78, 5) is 0. The van der Waals surface area contributed by atoms with Crippen molar-refractivity contribution in [2.24, 2.45) is 5.73 Å². The summed E-state index contributed by atoms with van der Waals surface area (Å²) in [5.41, 5.74) is 9.44. The molecule has 0 spiro atoms. The zero-order chi connectivity index (χ0) is 13.8. The molecule has 2 N–H and O–H groups in total. The van der Waals surface area contributed by atoms with Crippen molar-refractivity contribution in [3.05, 3.63) is 65.2 Å². The van der Waals surface area contributed by atoms with Crippen molar-refractivity contribution in [1.82, 2.24) is 0 Å². The van der Waals surface area contributed by atoms with Gasteiger partial charge in [0.2, 0.25) is 0 Å². The zero-order valence-electron chi connectivity index (χ0n) is 11.8. The molecule has 0 aliphatic carbocycles. The second-order valence-corrected chi connectivity index (χ2v) is 5.00. The van der Waals surface area contributed by atoms with Crippen LogP contribution >= 0.6 is 0 Å². The molecule has 0 amide bonds. The van der Waals surface area contributed by atoms with Gasteiger partial charge in [-0.25, -0.2) is 0 Å². The fourth-order valence-corrected chi connectivity index (χ4v) is 2.11. The summed E-state index contributed by atoms with van der Waals surface area (Å²) in [7, 11) is 0. The lowest BCUT2D eigenvalue weighted by molar-refractivity contribution is 0.223. The third-order valence-corrected chi connectivity index (χ3v) is 3.23. The van der Waals surface area contributed by atoms with E-state index < -0.39 is 0 Å². The van der Waals surface area contributed by atoms with Crippen LogP contribution < -0.4 is 10.5 Å². The molecule has 0 fully saturated rings. The smallest absolute Gasteiger partial charge is 0.124 e. The van der Waals surface area contributed by atoms with Crippen LogP contribution in [0.1, 0.15) is 42.7 Å². The van der Waals surface area contributed by atoms with Gasteiger partial charge in [-0.3, -0.25) is 0 Å². The number of hydrogen-bond acceptors (Lipinski definition) is 2. The lowest BCUT2D eigenvalue weighted by Crippen LogP contribution is -2.10. The quantitative estimate of drug-likeness (QED) is 0.890. The van der Waals surface area contributed by atoms with Gasteiger partial charge in [-0.05, 0) is 32.4 Å². The van der Waals surface area contributed by atoms with Crippen LogP contribution in [-0.4, -0.2) is 0 Å². The van der Waals surface area contributed by atoms with Gasteiger partial charge in [0.05, 0.1) is 0 Å². The van der Waals surface area contributed by atoms with Gasteiger partial charge in [0.1, 0.15) is 11.9 Å². The summed E-state index contributed by atoms with van der Waals surface area (Å²) in [5, 5.41) is 0. The number of benzene rings is 2. The van der Waals surface area contributed by atoms with Crippen LogP contribution in [0.4, 0.5) is 0 Å². The molecule has 0 heterocycles. The maximum Gasteiger partial charge on any atom is 0.124 e. The van der Waals surface area contributed by atoms with Crippen molar-refractivity contribution in [3.63, 3.8) is 0 Å². The Morgan fingerprint density at radius 2 is 1.68 bits per heavy atom. The Bertz CT molecular complexity index is 534. The lowest BCUT2D eigenvalue weighted by atomic mass is 10.0. The number of rotatable bonds is 4. The molecular weight excluding hydrogens is 234 g/mol. The fourth-order valence-electron chi connectivity index (χ4n) is 2.11. The number of ether oxygens (including phenoxy) is 1. The fraction of sp³-hybridized carbons (Fsp3) is 0.294. The molecule has 2 aromatic carbocycles. The summed E-state index contributed by atoms with van der Waals surface area (Å²) >= 11 is 0. The molecule has 1 unspecified atom stereocenters. The zero-order valence-corrected chi connectivity index (χ0v) is 11.8. The molecule has 100 valence electrons. The molecule has 2 aromatic rings. The SMILES string of the molecule is Cc1ccc(OC(C)c2ccccc2)c([C@H](C)N)c1. The molecule has 2 rings (SSSR count). The summed E-state index contributed by atoms with van der Waals surface area (Å²) < 4.78 is 6.07. The van der Waals surface area contributed by atoms with Crippen LogP contribution in [-0.2, 0) is 0 Å². The molecular formula is C17H21NO. The molecule has 0 saturated heterocycles. The Kier molecular flexibility index (Phi) is 4.23.